The molecule has 3 nitrogen and oxygen atoms in total. The number of nitrogens with zero attached hydrogens (tertiary/aromatic N) is 2. The van der Waals surface area contributed by atoms with Crippen molar-refractivity contribution in [3.8, 4) is 0 Å². The SMILES string of the molecule is Cn1ccnc1C(C)(O)C1(C)CC1. The van der Waals surface area contributed by atoms with Crippen molar-refractivity contribution in [3.05, 3.63) is 18.2 Å². The highest BCUT2D eigenvalue weighted by Crippen LogP contribution is 2.57. The van der Waals surface area contributed by atoms with Crippen LogP contribution in [0.4, 0.5) is 0 Å². The Morgan fingerprint density at radius 2 is 2.23 bits per heavy atom. The Hall–Kier alpha value is -0.830. The summed E-state index contributed by atoms with van der Waals surface area (Å²) in [6.45, 7) is 3.98. The molecule has 0 bridgehead atoms. The lowest BCUT2D eigenvalue weighted by Crippen LogP contribution is -2.34. The zero-order valence-corrected chi connectivity index (χ0v) is 8.41. The van der Waals surface area contributed by atoms with Gasteiger partial charge in [-0.1, -0.05) is 6.92 Å². The number of rotatable bonds is 2. The molecule has 1 heterocycles. The number of imidazole rings is 1. The minimum Gasteiger partial charge on any atom is -0.382 e. The van der Waals surface area contributed by atoms with Crippen molar-refractivity contribution in [1.82, 2.24) is 9.55 Å². The van der Waals surface area contributed by atoms with Crippen LogP contribution in [0.1, 0.15) is 32.5 Å². The highest BCUT2D eigenvalue weighted by atomic mass is 16.3. The largest absolute Gasteiger partial charge is 0.382 e. The predicted octanol–water partition coefficient (Wildman–Crippen LogP) is 1.43. The van der Waals surface area contributed by atoms with Crippen molar-refractivity contribution >= 4 is 0 Å². The molecule has 0 aromatic carbocycles. The zero-order valence-electron chi connectivity index (χ0n) is 8.41. The molecule has 2 rings (SSSR count). The maximum absolute atomic E-state index is 10.4. The molecule has 1 N–H and O–H groups in total. The molecular formula is C10H16N2O. The molecule has 13 heavy (non-hydrogen) atoms. The van der Waals surface area contributed by atoms with Crippen LogP contribution in [0.2, 0.25) is 0 Å². The first-order valence-corrected chi connectivity index (χ1v) is 4.67. The topological polar surface area (TPSA) is 38.0 Å². The highest BCUT2D eigenvalue weighted by molar-refractivity contribution is 5.14. The van der Waals surface area contributed by atoms with Gasteiger partial charge in [0.2, 0.25) is 0 Å². The van der Waals surface area contributed by atoms with Gasteiger partial charge in [0.25, 0.3) is 0 Å². The van der Waals surface area contributed by atoms with Crippen LogP contribution in [0.25, 0.3) is 0 Å². The molecular weight excluding hydrogens is 164 g/mol. The Balaban J connectivity index is 2.40. The van der Waals surface area contributed by atoms with E-state index in [0.717, 1.165) is 18.7 Å². The van der Waals surface area contributed by atoms with E-state index in [2.05, 4.69) is 11.9 Å². The van der Waals surface area contributed by atoms with Crippen molar-refractivity contribution in [1.29, 1.82) is 0 Å². The first-order valence-electron chi connectivity index (χ1n) is 4.67. The Morgan fingerprint density at radius 3 is 2.62 bits per heavy atom. The lowest BCUT2D eigenvalue weighted by Gasteiger charge is -2.29. The van der Waals surface area contributed by atoms with Crippen LogP contribution in [0.5, 0.6) is 0 Å². The van der Waals surface area contributed by atoms with Crippen LogP contribution in [-0.2, 0) is 12.6 Å². The first-order chi connectivity index (χ1) is 5.97. The molecule has 3 heteroatoms. The van der Waals surface area contributed by atoms with E-state index in [0.29, 0.717) is 0 Å². The molecule has 1 aromatic heterocycles. The third-order valence-corrected chi connectivity index (χ3v) is 3.43. The van der Waals surface area contributed by atoms with Crippen LogP contribution >= 0.6 is 0 Å². The second kappa shape index (κ2) is 2.35. The van der Waals surface area contributed by atoms with Gasteiger partial charge in [-0.3, -0.25) is 0 Å². The summed E-state index contributed by atoms with van der Waals surface area (Å²) in [5.74, 6) is 0.771. The lowest BCUT2D eigenvalue weighted by molar-refractivity contribution is -0.0231. The van der Waals surface area contributed by atoms with Gasteiger partial charge >= 0.3 is 0 Å². The predicted molar refractivity (Wildman–Crippen MR) is 50.1 cm³/mol. The fourth-order valence-electron chi connectivity index (χ4n) is 1.78. The summed E-state index contributed by atoms with van der Waals surface area (Å²) in [5, 5.41) is 10.4. The van der Waals surface area contributed by atoms with Crippen LogP contribution in [0.15, 0.2) is 12.4 Å². The summed E-state index contributed by atoms with van der Waals surface area (Å²) in [6, 6.07) is 0. The van der Waals surface area contributed by atoms with Gasteiger partial charge in [0.1, 0.15) is 11.4 Å². The van der Waals surface area contributed by atoms with Crippen molar-refractivity contribution in [3.63, 3.8) is 0 Å². The number of aliphatic hydroxyl groups is 1. The quantitative estimate of drug-likeness (QED) is 0.747. The second-order valence-corrected chi connectivity index (χ2v) is 4.49. The summed E-state index contributed by atoms with van der Waals surface area (Å²) < 4.78 is 1.89. The molecule has 1 saturated carbocycles. The Bertz CT molecular complexity index is 323. The third kappa shape index (κ3) is 1.10. The third-order valence-electron chi connectivity index (χ3n) is 3.43. The lowest BCUT2D eigenvalue weighted by atomic mass is 9.87. The molecule has 0 amide bonds. The van der Waals surface area contributed by atoms with Gasteiger partial charge in [0, 0.05) is 24.9 Å². The highest BCUT2D eigenvalue weighted by Gasteiger charge is 2.54. The zero-order chi connectivity index (χ0) is 9.69. The van der Waals surface area contributed by atoms with E-state index >= 15 is 0 Å². The van der Waals surface area contributed by atoms with Crippen molar-refractivity contribution in [2.75, 3.05) is 0 Å². The van der Waals surface area contributed by atoms with Crippen LogP contribution < -0.4 is 0 Å². The molecule has 1 unspecified atom stereocenters. The molecule has 1 atom stereocenters. The maximum Gasteiger partial charge on any atom is 0.140 e. The summed E-state index contributed by atoms with van der Waals surface area (Å²) in [7, 11) is 1.92. The van der Waals surface area contributed by atoms with Crippen molar-refractivity contribution in [2.24, 2.45) is 12.5 Å². The Kier molecular flexibility index (Phi) is 1.58. The Labute approximate surface area is 78.4 Å². The van der Waals surface area contributed by atoms with Crippen LogP contribution in [0.3, 0.4) is 0 Å². The van der Waals surface area contributed by atoms with E-state index in [9.17, 15) is 5.11 Å². The van der Waals surface area contributed by atoms with Crippen molar-refractivity contribution in [2.45, 2.75) is 32.3 Å². The minimum absolute atomic E-state index is 0.0338. The van der Waals surface area contributed by atoms with Crippen molar-refractivity contribution < 1.29 is 5.11 Å². The molecule has 1 aromatic rings. The average Bonchev–Trinajstić information content (AvgIpc) is 2.63. The van der Waals surface area contributed by atoms with E-state index in [1.54, 1.807) is 6.20 Å². The molecule has 0 spiro atoms. The van der Waals surface area contributed by atoms with E-state index in [-0.39, 0.29) is 5.41 Å². The molecule has 1 fully saturated rings. The van der Waals surface area contributed by atoms with Gasteiger partial charge in [-0.05, 0) is 19.8 Å². The minimum atomic E-state index is -0.786. The van der Waals surface area contributed by atoms with Gasteiger partial charge in [-0.25, -0.2) is 4.98 Å². The monoisotopic (exact) mass is 180 g/mol. The van der Waals surface area contributed by atoms with Crippen LogP contribution in [0, 0.1) is 5.41 Å². The van der Waals surface area contributed by atoms with Gasteiger partial charge in [-0.15, -0.1) is 0 Å². The molecule has 0 saturated heterocycles. The van der Waals surface area contributed by atoms with Crippen LogP contribution in [-0.4, -0.2) is 14.7 Å². The molecule has 72 valence electrons. The molecule has 0 aliphatic heterocycles. The number of hydrogen-bond donors (Lipinski definition) is 1. The van der Waals surface area contributed by atoms with E-state index in [1.807, 2.05) is 24.7 Å². The smallest absolute Gasteiger partial charge is 0.140 e. The van der Waals surface area contributed by atoms with Gasteiger partial charge in [0.05, 0.1) is 0 Å². The molecule has 0 radical (unpaired) electrons. The summed E-state index contributed by atoms with van der Waals surface area (Å²) in [4.78, 5) is 4.21. The summed E-state index contributed by atoms with van der Waals surface area (Å²) in [5.41, 5.74) is -0.753. The molecule has 1 aliphatic rings. The fourth-order valence-corrected chi connectivity index (χ4v) is 1.78. The average molecular weight is 180 g/mol. The van der Waals surface area contributed by atoms with Gasteiger partial charge in [-0.2, -0.15) is 0 Å². The maximum atomic E-state index is 10.4. The standard InChI is InChI=1S/C10H16N2O/c1-9(4-5-9)10(2,13)8-11-6-7-12(8)3/h6-7,13H,4-5H2,1-3H3. The summed E-state index contributed by atoms with van der Waals surface area (Å²) in [6.07, 6.45) is 5.78. The molecule has 1 aliphatic carbocycles. The number of aryl methyl sites for hydroxylation is 1. The first kappa shape index (κ1) is 8.75. The van der Waals surface area contributed by atoms with Gasteiger partial charge < -0.3 is 9.67 Å². The fraction of sp³-hybridized carbons (Fsp3) is 0.700. The van der Waals surface area contributed by atoms with Gasteiger partial charge in [0.15, 0.2) is 0 Å². The second-order valence-electron chi connectivity index (χ2n) is 4.49. The number of aromatic nitrogens is 2. The normalized spacial score (nSPS) is 24.0. The van der Waals surface area contributed by atoms with E-state index in [4.69, 9.17) is 0 Å². The Morgan fingerprint density at radius 1 is 1.62 bits per heavy atom. The van der Waals surface area contributed by atoms with E-state index < -0.39 is 5.60 Å². The van der Waals surface area contributed by atoms with E-state index in [1.165, 1.54) is 0 Å². The summed E-state index contributed by atoms with van der Waals surface area (Å²) >= 11 is 0. The number of hydrogen-bond acceptors (Lipinski definition) is 2.